The van der Waals surface area contributed by atoms with Crippen LogP contribution in [0.15, 0.2) is 30.5 Å². The Kier molecular flexibility index (Phi) is 3.02. The summed E-state index contributed by atoms with van der Waals surface area (Å²) < 4.78 is 0. The summed E-state index contributed by atoms with van der Waals surface area (Å²) in [6, 6.07) is 8.12. The Hall–Kier alpha value is -1.81. The van der Waals surface area contributed by atoms with E-state index in [1.54, 1.807) is 6.20 Å². The fourth-order valence-electron chi connectivity index (χ4n) is 2.50. The maximum atomic E-state index is 12.2. The lowest BCUT2D eigenvalue weighted by Gasteiger charge is -2.23. The first-order valence-corrected chi connectivity index (χ1v) is 6.42. The van der Waals surface area contributed by atoms with Gasteiger partial charge in [-0.25, -0.2) is 0 Å². The molecule has 0 radical (unpaired) electrons. The number of aromatic nitrogens is 1. The van der Waals surface area contributed by atoms with Crippen LogP contribution in [-0.4, -0.2) is 30.0 Å². The van der Waals surface area contributed by atoms with Gasteiger partial charge in [-0.05, 0) is 25.5 Å². The molecule has 4 heteroatoms. The lowest BCUT2D eigenvalue weighted by atomic mass is 10.1. The molecule has 1 fully saturated rings. The Morgan fingerprint density at radius 2 is 2.22 bits per heavy atom. The first-order chi connectivity index (χ1) is 8.84. The van der Waals surface area contributed by atoms with Gasteiger partial charge in [-0.1, -0.05) is 18.2 Å². The zero-order valence-electron chi connectivity index (χ0n) is 10.2. The van der Waals surface area contributed by atoms with Crippen LogP contribution in [0, 0.1) is 0 Å². The Morgan fingerprint density at radius 1 is 1.33 bits per heavy atom. The molecule has 0 saturated carbocycles. The van der Waals surface area contributed by atoms with Crippen molar-refractivity contribution >= 4 is 16.8 Å². The molecular weight excluding hydrogens is 226 g/mol. The Morgan fingerprint density at radius 3 is 3.06 bits per heavy atom. The van der Waals surface area contributed by atoms with Gasteiger partial charge in [0.15, 0.2) is 0 Å². The van der Waals surface area contributed by atoms with Gasteiger partial charge in [0.1, 0.15) is 0 Å². The number of aromatic amines is 1. The number of benzene rings is 1. The predicted octanol–water partition coefficient (Wildman–Crippen LogP) is 1.65. The van der Waals surface area contributed by atoms with Gasteiger partial charge in [-0.3, -0.25) is 4.79 Å². The molecule has 0 aliphatic carbocycles. The molecule has 0 bridgehead atoms. The maximum absolute atomic E-state index is 12.2. The smallest absolute Gasteiger partial charge is 0.253 e. The first kappa shape index (κ1) is 11.3. The van der Waals surface area contributed by atoms with Crippen LogP contribution in [0.2, 0.25) is 0 Å². The van der Waals surface area contributed by atoms with Gasteiger partial charge in [-0.2, -0.15) is 0 Å². The molecule has 0 unspecified atom stereocenters. The normalized spacial score (nSPS) is 19.9. The summed E-state index contributed by atoms with van der Waals surface area (Å²) in [5.41, 5.74) is 1.74. The monoisotopic (exact) mass is 243 g/mol. The second kappa shape index (κ2) is 4.82. The fraction of sp³-hybridized carbons (Fsp3) is 0.357. The van der Waals surface area contributed by atoms with Crippen molar-refractivity contribution in [3.63, 3.8) is 0 Å². The highest BCUT2D eigenvalue weighted by molar-refractivity contribution is 6.06. The third-order valence-corrected chi connectivity index (χ3v) is 3.47. The third kappa shape index (κ3) is 2.11. The van der Waals surface area contributed by atoms with Crippen molar-refractivity contribution in [1.82, 2.24) is 15.6 Å². The average molecular weight is 243 g/mol. The number of hydrogen-bond acceptors (Lipinski definition) is 2. The van der Waals surface area contributed by atoms with Crippen molar-refractivity contribution in [3.8, 4) is 0 Å². The largest absolute Gasteiger partial charge is 0.360 e. The Balaban J connectivity index is 1.79. The van der Waals surface area contributed by atoms with Gasteiger partial charge in [0.2, 0.25) is 0 Å². The van der Waals surface area contributed by atoms with Crippen molar-refractivity contribution in [2.75, 3.05) is 13.1 Å². The summed E-state index contributed by atoms with van der Waals surface area (Å²) >= 11 is 0. The van der Waals surface area contributed by atoms with Crippen LogP contribution in [0.3, 0.4) is 0 Å². The zero-order chi connectivity index (χ0) is 12.4. The van der Waals surface area contributed by atoms with Crippen LogP contribution in [0.4, 0.5) is 0 Å². The van der Waals surface area contributed by atoms with E-state index in [4.69, 9.17) is 0 Å². The lowest BCUT2D eigenvalue weighted by Crippen LogP contribution is -2.45. The Bertz CT molecular complexity index is 555. The molecule has 1 aliphatic heterocycles. The van der Waals surface area contributed by atoms with Gasteiger partial charge in [-0.15, -0.1) is 0 Å². The summed E-state index contributed by atoms with van der Waals surface area (Å²) in [7, 11) is 0. The molecule has 1 amide bonds. The fourth-order valence-corrected chi connectivity index (χ4v) is 2.50. The van der Waals surface area contributed by atoms with Gasteiger partial charge >= 0.3 is 0 Å². The number of H-pyrrole nitrogens is 1. The minimum Gasteiger partial charge on any atom is -0.360 e. The number of hydrogen-bond donors (Lipinski definition) is 3. The molecule has 3 rings (SSSR count). The van der Waals surface area contributed by atoms with Crippen LogP contribution in [-0.2, 0) is 0 Å². The Labute approximate surface area is 106 Å². The van der Waals surface area contributed by atoms with E-state index in [1.165, 1.54) is 0 Å². The summed E-state index contributed by atoms with van der Waals surface area (Å²) in [6.07, 6.45) is 3.97. The second-order valence-electron chi connectivity index (χ2n) is 4.76. The molecule has 3 N–H and O–H groups in total. The van der Waals surface area contributed by atoms with Crippen LogP contribution in [0.25, 0.3) is 10.9 Å². The van der Waals surface area contributed by atoms with E-state index in [1.807, 2.05) is 24.3 Å². The highest BCUT2D eigenvalue weighted by Gasteiger charge is 2.18. The van der Waals surface area contributed by atoms with E-state index in [0.717, 1.165) is 42.4 Å². The molecule has 2 aromatic rings. The number of amides is 1. The minimum absolute atomic E-state index is 0.0150. The van der Waals surface area contributed by atoms with Gasteiger partial charge in [0, 0.05) is 29.7 Å². The second-order valence-corrected chi connectivity index (χ2v) is 4.76. The lowest BCUT2D eigenvalue weighted by molar-refractivity contribution is 0.0932. The molecule has 1 saturated heterocycles. The first-order valence-electron chi connectivity index (χ1n) is 6.42. The van der Waals surface area contributed by atoms with E-state index in [-0.39, 0.29) is 11.9 Å². The van der Waals surface area contributed by atoms with Gasteiger partial charge in [0.05, 0.1) is 5.56 Å². The van der Waals surface area contributed by atoms with Crippen LogP contribution < -0.4 is 10.6 Å². The topological polar surface area (TPSA) is 56.9 Å². The molecule has 2 heterocycles. The minimum atomic E-state index is 0.0150. The van der Waals surface area contributed by atoms with Crippen LogP contribution in [0.5, 0.6) is 0 Å². The molecule has 0 spiro atoms. The maximum Gasteiger partial charge on any atom is 0.253 e. The van der Waals surface area contributed by atoms with E-state index >= 15 is 0 Å². The van der Waals surface area contributed by atoms with Crippen molar-refractivity contribution in [1.29, 1.82) is 0 Å². The molecule has 4 nitrogen and oxygen atoms in total. The van der Waals surface area contributed by atoms with E-state index < -0.39 is 0 Å². The number of para-hydroxylation sites is 1. The molecule has 1 atom stereocenters. The average Bonchev–Trinajstić information content (AvgIpc) is 2.84. The van der Waals surface area contributed by atoms with E-state index in [2.05, 4.69) is 15.6 Å². The summed E-state index contributed by atoms with van der Waals surface area (Å²) in [6.45, 7) is 1.92. The molecule has 18 heavy (non-hydrogen) atoms. The van der Waals surface area contributed by atoms with Crippen molar-refractivity contribution in [3.05, 3.63) is 36.0 Å². The standard InChI is InChI=1S/C14H17N3O/c18-14(17-10-4-3-7-15-8-10)12-9-16-13-6-2-1-5-11(12)13/h1-2,5-6,9-10,15-16H,3-4,7-8H2,(H,17,18)/t10-/m1/s1. The van der Waals surface area contributed by atoms with Crippen LogP contribution in [0.1, 0.15) is 23.2 Å². The van der Waals surface area contributed by atoms with Gasteiger partial charge in [0.25, 0.3) is 5.91 Å². The summed E-state index contributed by atoms with van der Waals surface area (Å²) in [5, 5.41) is 7.38. The molecule has 1 aromatic carbocycles. The van der Waals surface area contributed by atoms with Gasteiger partial charge < -0.3 is 15.6 Å². The van der Waals surface area contributed by atoms with E-state index in [9.17, 15) is 4.79 Å². The number of carbonyl (C=O) groups excluding carboxylic acids is 1. The molecule has 1 aromatic heterocycles. The zero-order valence-corrected chi connectivity index (χ0v) is 10.2. The van der Waals surface area contributed by atoms with E-state index in [0.29, 0.717) is 0 Å². The summed E-state index contributed by atoms with van der Waals surface area (Å²) in [5.74, 6) is 0.0150. The number of nitrogens with one attached hydrogen (secondary N) is 3. The van der Waals surface area contributed by atoms with Crippen molar-refractivity contribution in [2.45, 2.75) is 18.9 Å². The van der Waals surface area contributed by atoms with Crippen LogP contribution >= 0.6 is 0 Å². The predicted molar refractivity (Wildman–Crippen MR) is 71.7 cm³/mol. The molecule has 94 valence electrons. The van der Waals surface area contributed by atoms with Crippen molar-refractivity contribution in [2.24, 2.45) is 0 Å². The molecule has 1 aliphatic rings. The quantitative estimate of drug-likeness (QED) is 0.751. The number of rotatable bonds is 2. The SMILES string of the molecule is O=C(N[C@@H]1CCCNC1)c1c[nH]c2ccccc12. The number of fused-ring (bicyclic) bond motifs is 1. The highest BCUT2D eigenvalue weighted by Crippen LogP contribution is 2.17. The molecular formula is C14H17N3O. The van der Waals surface area contributed by atoms with Crippen molar-refractivity contribution < 1.29 is 4.79 Å². The third-order valence-electron chi connectivity index (χ3n) is 3.47. The number of piperidine rings is 1. The number of carbonyl (C=O) groups is 1. The highest BCUT2D eigenvalue weighted by atomic mass is 16.1. The summed E-state index contributed by atoms with van der Waals surface area (Å²) in [4.78, 5) is 15.4.